The van der Waals surface area contributed by atoms with E-state index in [1.165, 1.54) is 0 Å². The summed E-state index contributed by atoms with van der Waals surface area (Å²) in [6.07, 6.45) is 6.51. The van der Waals surface area contributed by atoms with E-state index in [1.54, 1.807) is 37.3 Å². The second-order valence-corrected chi connectivity index (χ2v) is 6.89. The van der Waals surface area contributed by atoms with Crippen LogP contribution in [0.5, 0.6) is 5.75 Å². The van der Waals surface area contributed by atoms with Crippen LogP contribution >= 0.6 is 11.6 Å². The standard InChI is InChI=1S/C21H25ClN4O2/c1-3-14(10-23)7-15(4-2)13-28-20-9-19(24)18(22)8-16(20)11-25-12-17-5-6-21(27)26-17/h3-4,7-9,17,25H,2,5-6,11-13,24H2,1H3,(H,26,27)/b14-3+,15-7+. The predicted octanol–water partition coefficient (Wildman–Crippen LogP) is 3.25. The molecular formula is C21H25ClN4O2. The van der Waals surface area contributed by atoms with Crippen LogP contribution in [0.25, 0.3) is 0 Å². The highest BCUT2D eigenvalue weighted by Crippen LogP contribution is 2.29. The molecule has 1 aliphatic heterocycles. The molecule has 0 spiro atoms. The number of nitrogen functional groups attached to an aromatic ring is 1. The zero-order valence-electron chi connectivity index (χ0n) is 15.9. The van der Waals surface area contributed by atoms with Gasteiger partial charge in [-0.1, -0.05) is 30.3 Å². The van der Waals surface area contributed by atoms with E-state index in [-0.39, 0.29) is 18.6 Å². The van der Waals surface area contributed by atoms with Gasteiger partial charge in [0.2, 0.25) is 5.91 Å². The van der Waals surface area contributed by atoms with Crippen molar-refractivity contribution in [2.45, 2.75) is 32.4 Å². The number of hydrogen-bond acceptors (Lipinski definition) is 5. The minimum absolute atomic E-state index is 0.0907. The zero-order valence-corrected chi connectivity index (χ0v) is 16.7. The van der Waals surface area contributed by atoms with E-state index in [4.69, 9.17) is 27.3 Å². The van der Waals surface area contributed by atoms with Crippen LogP contribution in [0.1, 0.15) is 25.3 Å². The number of nitrogens with one attached hydrogen (secondary N) is 2. The second kappa shape index (κ2) is 10.5. The Hall–Kier alpha value is -2.75. The molecule has 1 aromatic carbocycles. The average Bonchev–Trinajstić information content (AvgIpc) is 3.10. The van der Waals surface area contributed by atoms with Crippen molar-refractivity contribution in [3.63, 3.8) is 0 Å². The summed E-state index contributed by atoms with van der Waals surface area (Å²) in [5.74, 6) is 0.699. The summed E-state index contributed by atoms with van der Waals surface area (Å²) < 4.78 is 5.93. The number of anilines is 1. The van der Waals surface area contributed by atoms with Crippen molar-refractivity contribution in [3.05, 3.63) is 58.7 Å². The average molecular weight is 401 g/mol. The minimum Gasteiger partial charge on any atom is -0.488 e. The molecule has 6 nitrogen and oxygen atoms in total. The summed E-state index contributed by atoms with van der Waals surface area (Å²) in [6, 6.07) is 5.71. The molecule has 1 aromatic rings. The third-order valence-electron chi connectivity index (χ3n) is 4.41. The number of benzene rings is 1. The Morgan fingerprint density at radius 3 is 2.96 bits per heavy atom. The first-order valence-corrected chi connectivity index (χ1v) is 9.44. The first kappa shape index (κ1) is 21.5. The molecule has 148 valence electrons. The molecule has 0 saturated carbocycles. The van der Waals surface area contributed by atoms with Crippen LogP contribution in [-0.4, -0.2) is 25.1 Å². The molecule has 0 aliphatic carbocycles. The van der Waals surface area contributed by atoms with Crippen molar-refractivity contribution < 1.29 is 9.53 Å². The number of hydrogen-bond donors (Lipinski definition) is 3. The molecule has 1 saturated heterocycles. The summed E-state index contributed by atoms with van der Waals surface area (Å²) in [5, 5.41) is 15.8. The fourth-order valence-corrected chi connectivity index (χ4v) is 2.98. The van der Waals surface area contributed by atoms with Gasteiger partial charge in [0.15, 0.2) is 0 Å². The van der Waals surface area contributed by atoms with Crippen LogP contribution in [0.3, 0.4) is 0 Å². The van der Waals surface area contributed by atoms with E-state index in [2.05, 4.69) is 23.3 Å². The van der Waals surface area contributed by atoms with Gasteiger partial charge in [-0.25, -0.2) is 0 Å². The number of halogens is 1. The third kappa shape index (κ3) is 6.15. The van der Waals surface area contributed by atoms with Crippen molar-refractivity contribution in [1.82, 2.24) is 10.6 Å². The zero-order chi connectivity index (χ0) is 20.5. The van der Waals surface area contributed by atoms with Crippen molar-refractivity contribution >= 4 is 23.2 Å². The van der Waals surface area contributed by atoms with E-state index in [0.29, 0.717) is 41.5 Å². The number of carbonyl (C=O) groups is 1. The third-order valence-corrected chi connectivity index (χ3v) is 4.74. The van der Waals surface area contributed by atoms with E-state index in [9.17, 15) is 4.79 Å². The predicted molar refractivity (Wildman–Crippen MR) is 112 cm³/mol. The molecule has 28 heavy (non-hydrogen) atoms. The maximum atomic E-state index is 11.3. The molecule has 4 N–H and O–H groups in total. The summed E-state index contributed by atoms with van der Waals surface area (Å²) >= 11 is 6.17. The summed E-state index contributed by atoms with van der Waals surface area (Å²) in [7, 11) is 0. The topological polar surface area (TPSA) is 100 Å². The molecule has 1 fully saturated rings. The highest BCUT2D eigenvalue weighted by atomic mass is 35.5. The molecule has 2 rings (SSSR count). The Balaban J connectivity index is 2.06. The number of rotatable bonds is 9. The molecule has 0 bridgehead atoms. The van der Waals surface area contributed by atoms with Crippen LogP contribution in [0.2, 0.25) is 5.02 Å². The summed E-state index contributed by atoms with van der Waals surface area (Å²) in [5.41, 5.74) is 8.53. The van der Waals surface area contributed by atoms with Gasteiger partial charge >= 0.3 is 0 Å². The number of nitriles is 1. The van der Waals surface area contributed by atoms with Crippen LogP contribution in [0.4, 0.5) is 5.69 Å². The monoisotopic (exact) mass is 400 g/mol. The second-order valence-electron chi connectivity index (χ2n) is 6.48. The van der Waals surface area contributed by atoms with Gasteiger partial charge in [0.25, 0.3) is 0 Å². The van der Waals surface area contributed by atoms with E-state index >= 15 is 0 Å². The molecule has 7 heteroatoms. The largest absolute Gasteiger partial charge is 0.488 e. The lowest BCUT2D eigenvalue weighted by Gasteiger charge is -2.16. The highest BCUT2D eigenvalue weighted by molar-refractivity contribution is 6.33. The molecule has 1 heterocycles. The first-order chi connectivity index (χ1) is 13.5. The van der Waals surface area contributed by atoms with Crippen LogP contribution in [0, 0.1) is 11.3 Å². The van der Waals surface area contributed by atoms with Crippen molar-refractivity contribution in [1.29, 1.82) is 5.26 Å². The molecule has 0 aromatic heterocycles. The fourth-order valence-electron chi connectivity index (χ4n) is 2.79. The van der Waals surface area contributed by atoms with Crippen LogP contribution < -0.4 is 21.1 Å². The maximum absolute atomic E-state index is 11.3. The lowest BCUT2D eigenvalue weighted by atomic mass is 10.1. The summed E-state index contributed by atoms with van der Waals surface area (Å²) in [4.78, 5) is 11.3. The van der Waals surface area contributed by atoms with Gasteiger partial charge in [0.1, 0.15) is 12.4 Å². The number of amides is 1. The maximum Gasteiger partial charge on any atom is 0.220 e. The minimum atomic E-state index is 0.0907. The Bertz CT molecular complexity index is 840. The van der Waals surface area contributed by atoms with Gasteiger partial charge in [0, 0.05) is 42.8 Å². The number of allylic oxidation sites excluding steroid dienone is 3. The Labute approximate surface area is 170 Å². The number of nitrogens with two attached hydrogens (primary N) is 1. The number of nitrogens with zero attached hydrogens (tertiary/aromatic N) is 1. The SMILES string of the molecule is C=C/C(=C\C(C#N)=C/C)COc1cc(N)c(Cl)cc1CNCC1CCC(=O)N1. The van der Waals surface area contributed by atoms with Crippen molar-refractivity contribution in [2.24, 2.45) is 0 Å². The lowest BCUT2D eigenvalue weighted by Crippen LogP contribution is -2.35. The molecule has 1 aliphatic rings. The first-order valence-electron chi connectivity index (χ1n) is 9.07. The summed E-state index contributed by atoms with van der Waals surface area (Å²) in [6.45, 7) is 7.00. The van der Waals surface area contributed by atoms with Gasteiger partial charge in [-0.2, -0.15) is 5.26 Å². The Kier molecular flexibility index (Phi) is 8.12. The normalized spacial score (nSPS) is 17.2. The molecule has 1 amide bonds. The Morgan fingerprint density at radius 1 is 1.57 bits per heavy atom. The number of carbonyl (C=O) groups excluding carboxylic acids is 1. The molecule has 1 unspecified atom stereocenters. The van der Waals surface area contributed by atoms with E-state index in [1.807, 2.05) is 0 Å². The quantitative estimate of drug-likeness (QED) is 0.335. The highest BCUT2D eigenvalue weighted by Gasteiger charge is 2.20. The molecule has 1 atom stereocenters. The van der Waals surface area contributed by atoms with Crippen molar-refractivity contribution in [3.8, 4) is 11.8 Å². The van der Waals surface area contributed by atoms with E-state index in [0.717, 1.165) is 17.6 Å². The lowest BCUT2D eigenvalue weighted by molar-refractivity contribution is -0.119. The number of ether oxygens (including phenoxy) is 1. The van der Waals surface area contributed by atoms with Gasteiger partial charge in [0.05, 0.1) is 16.8 Å². The Morgan fingerprint density at radius 2 is 2.36 bits per heavy atom. The molecular weight excluding hydrogens is 376 g/mol. The fraction of sp³-hybridized carbons (Fsp3) is 0.333. The van der Waals surface area contributed by atoms with Gasteiger partial charge < -0.3 is 21.1 Å². The smallest absolute Gasteiger partial charge is 0.220 e. The van der Waals surface area contributed by atoms with Crippen LogP contribution in [-0.2, 0) is 11.3 Å². The van der Waals surface area contributed by atoms with Gasteiger partial charge in [-0.05, 0) is 31.1 Å². The van der Waals surface area contributed by atoms with Gasteiger partial charge in [-0.3, -0.25) is 4.79 Å². The van der Waals surface area contributed by atoms with E-state index < -0.39 is 0 Å². The molecule has 0 radical (unpaired) electrons. The van der Waals surface area contributed by atoms with Gasteiger partial charge in [-0.15, -0.1) is 0 Å². The van der Waals surface area contributed by atoms with Crippen LogP contribution in [0.15, 0.2) is 48.1 Å². The van der Waals surface area contributed by atoms with Crippen molar-refractivity contribution in [2.75, 3.05) is 18.9 Å².